The number of alkyl halides is 3. The third-order valence-corrected chi connectivity index (χ3v) is 2.99. The van der Waals surface area contributed by atoms with E-state index < -0.39 is 36.0 Å². The number of amides is 2. The van der Waals surface area contributed by atoms with Crippen LogP contribution < -0.4 is 10.6 Å². The van der Waals surface area contributed by atoms with E-state index in [-0.39, 0.29) is 10.0 Å². The number of carbonyl (C=O) groups is 2. The highest BCUT2D eigenvalue weighted by atomic mass is 32.1. The van der Waals surface area contributed by atoms with Gasteiger partial charge in [0.05, 0.1) is 0 Å². The minimum Gasteiger partial charge on any atom is -0.444 e. The molecule has 0 unspecified atom stereocenters. The lowest BCUT2D eigenvalue weighted by atomic mass is 10.2. The zero-order valence-corrected chi connectivity index (χ0v) is 13.2. The first kappa shape index (κ1) is 18.2. The number of hydrogen-bond donors (Lipinski definition) is 2. The van der Waals surface area contributed by atoms with Crippen molar-refractivity contribution in [2.24, 2.45) is 0 Å². The average Bonchev–Trinajstić information content (AvgIpc) is 2.65. The second kappa shape index (κ2) is 6.51. The number of rotatable bonds is 3. The number of alkyl carbamates (subject to hydrolysis) is 1. The van der Waals surface area contributed by atoms with E-state index in [9.17, 15) is 22.8 Å². The van der Waals surface area contributed by atoms with Gasteiger partial charge in [-0.3, -0.25) is 4.79 Å². The number of aryl methyl sites for hydroxylation is 1. The number of carbonyl (C=O) groups excluding carboxylic acids is 2. The van der Waals surface area contributed by atoms with Gasteiger partial charge in [-0.2, -0.15) is 13.2 Å². The van der Waals surface area contributed by atoms with Crippen LogP contribution in [0.1, 0.15) is 31.3 Å². The van der Waals surface area contributed by atoms with Gasteiger partial charge in [-0.05, 0) is 27.7 Å². The Hall–Kier alpha value is -1.84. The Morgan fingerprint density at radius 2 is 1.86 bits per heavy atom. The van der Waals surface area contributed by atoms with E-state index in [1.54, 1.807) is 20.8 Å². The molecule has 0 aliphatic rings. The van der Waals surface area contributed by atoms with E-state index in [2.05, 4.69) is 15.6 Å². The molecule has 0 saturated carbocycles. The second-order valence-electron chi connectivity index (χ2n) is 5.33. The van der Waals surface area contributed by atoms with Crippen LogP contribution in [0.5, 0.6) is 0 Å². The van der Waals surface area contributed by atoms with Crippen molar-refractivity contribution in [1.82, 2.24) is 10.3 Å². The van der Waals surface area contributed by atoms with Crippen molar-refractivity contribution in [3.8, 4) is 0 Å². The van der Waals surface area contributed by atoms with Crippen molar-refractivity contribution in [2.75, 3.05) is 11.9 Å². The van der Waals surface area contributed by atoms with E-state index in [1.807, 2.05) is 0 Å². The molecule has 1 aromatic heterocycles. The zero-order chi connectivity index (χ0) is 17.1. The highest BCUT2D eigenvalue weighted by molar-refractivity contribution is 7.15. The summed E-state index contributed by atoms with van der Waals surface area (Å²) in [5.41, 5.74) is -1.75. The van der Waals surface area contributed by atoms with E-state index in [0.29, 0.717) is 11.3 Å². The van der Waals surface area contributed by atoms with Gasteiger partial charge in [-0.1, -0.05) is 0 Å². The molecule has 0 fully saturated rings. The number of hydrogen-bond acceptors (Lipinski definition) is 5. The number of ether oxygens (including phenoxy) is 1. The van der Waals surface area contributed by atoms with Gasteiger partial charge in [0.25, 0.3) is 0 Å². The van der Waals surface area contributed by atoms with Crippen LogP contribution in [-0.2, 0) is 15.7 Å². The Morgan fingerprint density at radius 1 is 1.27 bits per heavy atom. The molecule has 0 atom stereocenters. The van der Waals surface area contributed by atoms with Gasteiger partial charge >= 0.3 is 12.3 Å². The largest absolute Gasteiger partial charge is 0.444 e. The van der Waals surface area contributed by atoms with Gasteiger partial charge in [-0.15, -0.1) is 11.3 Å². The average molecular weight is 339 g/mol. The van der Waals surface area contributed by atoms with Crippen LogP contribution in [0.2, 0.25) is 0 Å². The summed E-state index contributed by atoms with van der Waals surface area (Å²) in [5.74, 6) is -0.701. The molecule has 22 heavy (non-hydrogen) atoms. The SMILES string of the molecule is Cc1sc(NC(=O)CNC(=O)OC(C)(C)C)nc1C(F)(F)F. The topological polar surface area (TPSA) is 80.3 Å². The maximum absolute atomic E-state index is 12.6. The fourth-order valence-corrected chi connectivity index (χ4v) is 2.19. The molecular weight excluding hydrogens is 323 g/mol. The van der Waals surface area contributed by atoms with E-state index >= 15 is 0 Å². The predicted molar refractivity (Wildman–Crippen MR) is 74.7 cm³/mol. The fraction of sp³-hybridized carbons (Fsp3) is 0.583. The molecule has 0 aromatic carbocycles. The Labute approximate surface area is 129 Å². The standard InChI is InChI=1S/C12H16F3N3O3S/c1-6-8(12(13,14)15)18-9(22-6)17-7(19)5-16-10(20)21-11(2,3)4/h5H2,1-4H3,(H,16,20)(H,17,18,19). The second-order valence-corrected chi connectivity index (χ2v) is 6.53. The Balaban J connectivity index is 2.55. The minimum atomic E-state index is -4.57. The molecule has 0 radical (unpaired) electrons. The zero-order valence-electron chi connectivity index (χ0n) is 12.4. The van der Waals surface area contributed by atoms with Crippen LogP contribution in [0.4, 0.5) is 23.1 Å². The van der Waals surface area contributed by atoms with Gasteiger partial charge in [0.2, 0.25) is 5.91 Å². The van der Waals surface area contributed by atoms with Crippen LogP contribution in [0.25, 0.3) is 0 Å². The summed E-state index contributed by atoms with van der Waals surface area (Å²) >= 11 is 0.707. The van der Waals surface area contributed by atoms with Gasteiger partial charge < -0.3 is 15.4 Å². The normalized spacial score (nSPS) is 12.0. The van der Waals surface area contributed by atoms with Gasteiger partial charge in [-0.25, -0.2) is 9.78 Å². The minimum absolute atomic E-state index is 0.0529. The van der Waals surface area contributed by atoms with Crippen molar-refractivity contribution < 1.29 is 27.5 Å². The summed E-state index contributed by atoms with van der Waals surface area (Å²) in [6.07, 6.45) is -5.37. The molecule has 0 aliphatic carbocycles. The number of thiazole rings is 1. The fourth-order valence-electron chi connectivity index (χ4n) is 1.34. The number of anilines is 1. The highest BCUT2D eigenvalue weighted by Crippen LogP contribution is 2.35. The summed E-state index contributed by atoms with van der Waals surface area (Å²) in [5, 5.41) is 4.20. The third kappa shape index (κ3) is 5.88. The van der Waals surface area contributed by atoms with Gasteiger partial charge in [0.1, 0.15) is 12.1 Å². The Bertz CT molecular complexity index is 564. The number of halogens is 3. The van der Waals surface area contributed by atoms with Gasteiger partial charge in [0, 0.05) is 4.88 Å². The monoisotopic (exact) mass is 339 g/mol. The first-order valence-electron chi connectivity index (χ1n) is 6.20. The lowest BCUT2D eigenvalue weighted by Crippen LogP contribution is -2.37. The van der Waals surface area contributed by atoms with Crippen molar-refractivity contribution in [3.05, 3.63) is 10.6 Å². The molecule has 6 nitrogen and oxygen atoms in total. The number of nitrogens with zero attached hydrogens (tertiary/aromatic N) is 1. The van der Waals surface area contributed by atoms with Crippen LogP contribution >= 0.6 is 11.3 Å². The summed E-state index contributed by atoms with van der Waals surface area (Å²) in [7, 11) is 0. The smallest absolute Gasteiger partial charge is 0.434 e. The summed E-state index contributed by atoms with van der Waals surface area (Å²) in [6.45, 7) is 5.79. The van der Waals surface area contributed by atoms with Gasteiger partial charge in [0.15, 0.2) is 10.8 Å². The molecule has 2 amide bonds. The molecule has 1 rings (SSSR count). The molecule has 0 aliphatic heterocycles. The molecule has 0 spiro atoms. The van der Waals surface area contributed by atoms with Crippen LogP contribution in [0.3, 0.4) is 0 Å². The molecule has 0 saturated heterocycles. The summed E-state index contributed by atoms with van der Waals surface area (Å²) in [6, 6.07) is 0. The summed E-state index contributed by atoms with van der Waals surface area (Å²) < 4.78 is 42.6. The highest BCUT2D eigenvalue weighted by Gasteiger charge is 2.36. The van der Waals surface area contributed by atoms with Crippen LogP contribution in [0.15, 0.2) is 0 Å². The third-order valence-electron chi connectivity index (χ3n) is 2.10. The van der Waals surface area contributed by atoms with E-state index in [1.165, 1.54) is 6.92 Å². The molecule has 10 heteroatoms. The molecule has 2 N–H and O–H groups in total. The molecular formula is C12H16F3N3O3S. The van der Waals surface area contributed by atoms with Crippen LogP contribution in [0, 0.1) is 6.92 Å². The van der Waals surface area contributed by atoms with Crippen molar-refractivity contribution in [1.29, 1.82) is 0 Å². The summed E-state index contributed by atoms with van der Waals surface area (Å²) in [4.78, 5) is 26.2. The van der Waals surface area contributed by atoms with Crippen LogP contribution in [-0.4, -0.2) is 29.1 Å². The number of nitrogens with one attached hydrogen (secondary N) is 2. The van der Waals surface area contributed by atoms with E-state index in [0.717, 1.165) is 0 Å². The molecule has 0 bridgehead atoms. The maximum atomic E-state index is 12.6. The first-order chi connectivity index (χ1) is 9.88. The molecule has 124 valence electrons. The molecule has 1 heterocycles. The quantitative estimate of drug-likeness (QED) is 0.887. The maximum Gasteiger partial charge on any atom is 0.434 e. The van der Waals surface area contributed by atoms with E-state index in [4.69, 9.17) is 4.74 Å². The lowest BCUT2D eigenvalue weighted by Gasteiger charge is -2.19. The Morgan fingerprint density at radius 3 is 2.32 bits per heavy atom. The predicted octanol–water partition coefficient (Wildman–Crippen LogP) is 2.93. The van der Waals surface area contributed by atoms with Crippen molar-refractivity contribution in [3.63, 3.8) is 0 Å². The molecule has 1 aromatic rings. The number of aromatic nitrogens is 1. The lowest BCUT2D eigenvalue weighted by molar-refractivity contribution is -0.141. The van der Waals surface area contributed by atoms with Crippen molar-refractivity contribution >= 4 is 28.5 Å². The Kier molecular flexibility index (Phi) is 5.39. The van der Waals surface area contributed by atoms with Crippen molar-refractivity contribution in [2.45, 2.75) is 39.5 Å². The first-order valence-corrected chi connectivity index (χ1v) is 7.01.